The maximum Gasteiger partial charge on any atom is 0.266 e. The zero-order valence-electron chi connectivity index (χ0n) is 11.5. The molecule has 1 aromatic rings. The van der Waals surface area contributed by atoms with Crippen LogP contribution in [0.5, 0.6) is 0 Å². The van der Waals surface area contributed by atoms with Gasteiger partial charge in [-0.25, -0.2) is 0 Å². The Balaban J connectivity index is 2.32. The first-order valence-electron chi connectivity index (χ1n) is 6.16. The largest absolute Gasteiger partial charge is 0.378 e. The van der Waals surface area contributed by atoms with E-state index < -0.39 is 0 Å². The van der Waals surface area contributed by atoms with E-state index in [4.69, 9.17) is 23.8 Å². The van der Waals surface area contributed by atoms with Crippen molar-refractivity contribution in [1.29, 1.82) is 0 Å². The summed E-state index contributed by atoms with van der Waals surface area (Å²) in [6, 6.07) is 5.77. The van der Waals surface area contributed by atoms with E-state index in [1.54, 1.807) is 11.0 Å². The summed E-state index contributed by atoms with van der Waals surface area (Å²) in [6.07, 6.45) is 1.80. The molecule has 1 aromatic carbocycles. The molecule has 0 N–H and O–H groups in total. The van der Waals surface area contributed by atoms with E-state index in [1.807, 2.05) is 44.1 Å². The number of thioether (sulfide) groups is 1. The zero-order valence-corrected chi connectivity index (χ0v) is 13.9. The Hall–Kier alpha value is -1.04. The second-order valence-corrected chi connectivity index (χ2v) is 6.61. The maximum absolute atomic E-state index is 12.1. The molecule has 0 saturated carbocycles. The first-order chi connectivity index (χ1) is 9.43. The van der Waals surface area contributed by atoms with Crippen molar-refractivity contribution in [3.8, 4) is 0 Å². The molecule has 0 radical (unpaired) electrons. The van der Waals surface area contributed by atoms with Gasteiger partial charge >= 0.3 is 0 Å². The molecule has 1 aliphatic rings. The zero-order chi connectivity index (χ0) is 14.9. The number of halogens is 1. The van der Waals surface area contributed by atoms with Crippen LogP contribution < -0.4 is 4.90 Å². The van der Waals surface area contributed by atoms with Gasteiger partial charge in [0.2, 0.25) is 0 Å². The van der Waals surface area contributed by atoms with Gasteiger partial charge in [0.05, 0.1) is 4.91 Å². The summed E-state index contributed by atoms with van der Waals surface area (Å²) in [7, 11) is 3.91. The first-order valence-corrected chi connectivity index (χ1v) is 7.76. The molecule has 1 heterocycles. The SMILES string of the molecule is CCN1C(=O)/C(=C/c2ccc(N(C)C)cc2Cl)SC1=S. The molecule has 106 valence electrons. The predicted molar refractivity (Wildman–Crippen MR) is 91.3 cm³/mol. The molecule has 0 aliphatic carbocycles. The van der Waals surface area contributed by atoms with Crippen molar-refractivity contribution in [2.24, 2.45) is 0 Å². The van der Waals surface area contributed by atoms with E-state index >= 15 is 0 Å². The minimum Gasteiger partial charge on any atom is -0.378 e. The lowest BCUT2D eigenvalue weighted by molar-refractivity contribution is -0.121. The molecule has 0 bridgehead atoms. The molecule has 20 heavy (non-hydrogen) atoms. The van der Waals surface area contributed by atoms with Gasteiger partial charge < -0.3 is 4.90 Å². The normalized spacial score (nSPS) is 17.2. The second-order valence-electron chi connectivity index (χ2n) is 4.53. The highest BCUT2D eigenvalue weighted by Crippen LogP contribution is 2.34. The Labute approximate surface area is 133 Å². The van der Waals surface area contributed by atoms with Gasteiger partial charge in [0.1, 0.15) is 4.32 Å². The monoisotopic (exact) mass is 326 g/mol. The van der Waals surface area contributed by atoms with E-state index in [0.717, 1.165) is 11.3 Å². The van der Waals surface area contributed by atoms with Crippen molar-refractivity contribution >= 4 is 57.6 Å². The van der Waals surface area contributed by atoms with Crippen LogP contribution in [-0.2, 0) is 4.79 Å². The van der Waals surface area contributed by atoms with E-state index in [-0.39, 0.29) is 5.91 Å². The van der Waals surface area contributed by atoms with Gasteiger partial charge in [-0.2, -0.15) is 0 Å². The molecule has 0 spiro atoms. The van der Waals surface area contributed by atoms with Gasteiger partial charge in [-0.15, -0.1) is 0 Å². The molecule has 0 aromatic heterocycles. The number of hydrogen-bond acceptors (Lipinski definition) is 4. The van der Waals surface area contributed by atoms with E-state index in [9.17, 15) is 4.79 Å². The summed E-state index contributed by atoms with van der Waals surface area (Å²) in [4.78, 5) is 16.3. The Kier molecular flexibility index (Phi) is 4.73. The molecule has 0 atom stereocenters. The standard InChI is InChI=1S/C14H15ClN2OS2/c1-4-17-13(18)12(20-14(17)19)7-9-5-6-10(16(2)3)8-11(9)15/h5-8H,4H2,1-3H3/b12-7-. The van der Waals surface area contributed by atoms with Crippen molar-refractivity contribution in [3.63, 3.8) is 0 Å². The summed E-state index contributed by atoms with van der Waals surface area (Å²) >= 11 is 12.8. The third-order valence-electron chi connectivity index (χ3n) is 2.98. The number of likely N-dealkylation sites (N-methyl/N-ethyl adjacent to an activating group) is 1. The molecule has 2 rings (SSSR count). The summed E-state index contributed by atoms with van der Waals surface area (Å²) in [5.74, 6) is -0.0461. The van der Waals surface area contributed by atoms with E-state index in [2.05, 4.69) is 0 Å². The quantitative estimate of drug-likeness (QED) is 0.625. The number of hydrogen-bond donors (Lipinski definition) is 0. The lowest BCUT2D eigenvalue weighted by Crippen LogP contribution is -2.27. The number of carbonyl (C=O) groups excluding carboxylic acids is 1. The van der Waals surface area contributed by atoms with Gasteiger partial charge in [0, 0.05) is 31.4 Å². The highest BCUT2D eigenvalue weighted by Gasteiger charge is 2.30. The fourth-order valence-corrected chi connectivity index (χ4v) is 3.43. The highest BCUT2D eigenvalue weighted by molar-refractivity contribution is 8.26. The minimum absolute atomic E-state index is 0.0461. The third kappa shape index (κ3) is 3.00. The van der Waals surface area contributed by atoms with Gasteiger partial charge in [0.25, 0.3) is 5.91 Å². The van der Waals surface area contributed by atoms with Gasteiger partial charge in [0.15, 0.2) is 0 Å². The fourth-order valence-electron chi connectivity index (χ4n) is 1.83. The van der Waals surface area contributed by atoms with Crippen LogP contribution in [0.3, 0.4) is 0 Å². The summed E-state index contributed by atoms with van der Waals surface area (Å²) < 4.78 is 0.602. The van der Waals surface area contributed by atoms with Crippen LogP contribution in [0.1, 0.15) is 12.5 Å². The van der Waals surface area contributed by atoms with Crippen molar-refractivity contribution in [2.75, 3.05) is 25.5 Å². The van der Waals surface area contributed by atoms with Crippen LogP contribution in [0.25, 0.3) is 6.08 Å². The second kappa shape index (κ2) is 6.16. The van der Waals surface area contributed by atoms with Gasteiger partial charge in [-0.05, 0) is 30.7 Å². The Bertz CT molecular complexity index is 599. The number of carbonyl (C=O) groups is 1. The molecule has 0 unspecified atom stereocenters. The third-order valence-corrected chi connectivity index (χ3v) is 4.68. The highest BCUT2D eigenvalue weighted by atomic mass is 35.5. The average molecular weight is 327 g/mol. The topological polar surface area (TPSA) is 23.6 Å². The first kappa shape index (κ1) is 15.4. The molecular weight excluding hydrogens is 312 g/mol. The Morgan fingerprint density at radius 1 is 1.45 bits per heavy atom. The number of rotatable bonds is 3. The minimum atomic E-state index is -0.0461. The maximum atomic E-state index is 12.1. The fraction of sp³-hybridized carbons (Fsp3) is 0.286. The van der Waals surface area contributed by atoms with Gasteiger partial charge in [-0.3, -0.25) is 9.69 Å². The van der Waals surface area contributed by atoms with Crippen LogP contribution in [-0.4, -0.2) is 35.8 Å². The molecule has 3 nitrogen and oxygen atoms in total. The van der Waals surface area contributed by atoms with Gasteiger partial charge in [-0.1, -0.05) is 41.6 Å². The van der Waals surface area contributed by atoms with Crippen molar-refractivity contribution in [1.82, 2.24) is 4.90 Å². The summed E-state index contributed by atoms with van der Waals surface area (Å²) in [5.41, 5.74) is 1.85. The lowest BCUT2D eigenvalue weighted by atomic mass is 10.2. The number of anilines is 1. The van der Waals surface area contributed by atoms with Crippen LogP contribution in [0.4, 0.5) is 5.69 Å². The smallest absolute Gasteiger partial charge is 0.266 e. The number of thiocarbonyl (C=S) groups is 1. The molecule has 1 aliphatic heterocycles. The van der Waals surface area contributed by atoms with Crippen LogP contribution in [0.15, 0.2) is 23.1 Å². The Morgan fingerprint density at radius 3 is 2.65 bits per heavy atom. The molecule has 1 fully saturated rings. The average Bonchev–Trinajstić information content (AvgIpc) is 2.66. The number of benzene rings is 1. The van der Waals surface area contributed by atoms with Crippen molar-refractivity contribution in [2.45, 2.75) is 6.92 Å². The Morgan fingerprint density at radius 2 is 2.15 bits per heavy atom. The molecule has 1 saturated heterocycles. The molecular formula is C14H15ClN2OS2. The van der Waals surface area contributed by atoms with E-state index in [1.165, 1.54) is 11.8 Å². The predicted octanol–water partition coefficient (Wildman–Crippen LogP) is 3.63. The number of amides is 1. The lowest BCUT2D eigenvalue weighted by Gasteiger charge is -2.13. The summed E-state index contributed by atoms with van der Waals surface area (Å²) in [6.45, 7) is 2.50. The number of nitrogens with zero attached hydrogens (tertiary/aromatic N) is 2. The molecule has 6 heteroatoms. The molecule has 1 amide bonds. The van der Waals surface area contributed by atoms with Crippen LogP contribution >= 0.6 is 35.6 Å². The van der Waals surface area contributed by atoms with Crippen LogP contribution in [0, 0.1) is 0 Å². The van der Waals surface area contributed by atoms with Crippen molar-refractivity contribution in [3.05, 3.63) is 33.7 Å². The summed E-state index contributed by atoms with van der Waals surface area (Å²) in [5, 5.41) is 0.623. The van der Waals surface area contributed by atoms with Crippen molar-refractivity contribution < 1.29 is 4.79 Å². The van der Waals surface area contributed by atoms with E-state index in [0.29, 0.717) is 20.8 Å². The van der Waals surface area contributed by atoms with Crippen LogP contribution in [0.2, 0.25) is 5.02 Å².